The summed E-state index contributed by atoms with van der Waals surface area (Å²) < 4.78 is 5.38. The van der Waals surface area contributed by atoms with Gasteiger partial charge in [0.2, 0.25) is 11.8 Å². The quantitative estimate of drug-likeness (QED) is 0.833. The van der Waals surface area contributed by atoms with Crippen LogP contribution in [0.2, 0.25) is 0 Å². The fourth-order valence-electron chi connectivity index (χ4n) is 1.54. The van der Waals surface area contributed by atoms with Gasteiger partial charge in [0, 0.05) is 0 Å². The van der Waals surface area contributed by atoms with Gasteiger partial charge in [-0.05, 0) is 38.1 Å². The Morgan fingerprint density at radius 3 is 2.55 bits per heavy atom. The number of phenols is 1. The molecule has 0 aliphatic carbocycles. The highest BCUT2D eigenvalue weighted by Gasteiger charge is 2.11. The molecule has 7 heteroatoms. The van der Waals surface area contributed by atoms with E-state index in [0.717, 1.165) is 0 Å². The van der Waals surface area contributed by atoms with Crippen molar-refractivity contribution in [3.63, 3.8) is 0 Å². The zero-order chi connectivity index (χ0) is 14.5. The normalized spacial score (nSPS) is 10.9. The lowest BCUT2D eigenvalue weighted by Gasteiger charge is -2.07. The SMILES string of the molecule is CCOc1nc(N)nc(C)c1N=Nc1ccc(O)cc1. The Hall–Kier alpha value is -2.70. The van der Waals surface area contributed by atoms with Crippen molar-refractivity contribution in [3.8, 4) is 11.6 Å². The van der Waals surface area contributed by atoms with Gasteiger partial charge in [-0.2, -0.15) is 10.1 Å². The molecule has 0 spiro atoms. The van der Waals surface area contributed by atoms with E-state index in [9.17, 15) is 5.11 Å². The maximum absolute atomic E-state index is 9.20. The second-order valence-corrected chi connectivity index (χ2v) is 3.97. The highest BCUT2D eigenvalue weighted by Crippen LogP contribution is 2.30. The van der Waals surface area contributed by atoms with Gasteiger partial charge in [-0.1, -0.05) is 0 Å². The van der Waals surface area contributed by atoms with Crippen molar-refractivity contribution >= 4 is 17.3 Å². The molecular weight excluding hydrogens is 258 g/mol. The van der Waals surface area contributed by atoms with Gasteiger partial charge < -0.3 is 15.6 Å². The van der Waals surface area contributed by atoms with E-state index in [1.54, 1.807) is 19.1 Å². The number of aromatic nitrogens is 2. The number of nitrogens with zero attached hydrogens (tertiary/aromatic N) is 4. The summed E-state index contributed by atoms with van der Waals surface area (Å²) in [6.45, 7) is 4.04. The third kappa shape index (κ3) is 3.19. The van der Waals surface area contributed by atoms with Crippen molar-refractivity contribution in [2.45, 2.75) is 13.8 Å². The number of aryl methyl sites for hydroxylation is 1. The Morgan fingerprint density at radius 1 is 1.20 bits per heavy atom. The minimum Gasteiger partial charge on any atom is -0.508 e. The molecule has 0 amide bonds. The number of nitrogens with two attached hydrogens (primary N) is 1. The summed E-state index contributed by atoms with van der Waals surface area (Å²) in [6, 6.07) is 6.35. The topological polar surface area (TPSA) is 106 Å². The van der Waals surface area contributed by atoms with Crippen molar-refractivity contribution in [1.82, 2.24) is 9.97 Å². The summed E-state index contributed by atoms with van der Waals surface area (Å²) in [4.78, 5) is 8.04. The maximum atomic E-state index is 9.20. The van der Waals surface area contributed by atoms with E-state index in [4.69, 9.17) is 10.5 Å². The van der Waals surface area contributed by atoms with Crippen LogP contribution in [0.5, 0.6) is 11.6 Å². The Morgan fingerprint density at radius 2 is 1.90 bits per heavy atom. The third-order valence-corrected chi connectivity index (χ3v) is 2.44. The standard InChI is InChI=1S/C13H15N5O2/c1-3-20-12-11(8(2)15-13(14)16-12)18-17-9-4-6-10(19)7-5-9/h4-7,19H,3H2,1-2H3,(H2,14,15,16). The van der Waals surface area contributed by atoms with E-state index in [-0.39, 0.29) is 11.7 Å². The Bertz CT molecular complexity index is 625. The van der Waals surface area contributed by atoms with Crippen molar-refractivity contribution in [2.24, 2.45) is 10.2 Å². The smallest absolute Gasteiger partial charge is 0.247 e. The molecule has 0 saturated carbocycles. The van der Waals surface area contributed by atoms with Gasteiger partial charge in [-0.25, -0.2) is 4.98 Å². The predicted octanol–water partition coefficient (Wildman–Crippen LogP) is 2.89. The number of hydrogen-bond acceptors (Lipinski definition) is 7. The van der Waals surface area contributed by atoms with Crippen LogP contribution in [0.4, 0.5) is 17.3 Å². The maximum Gasteiger partial charge on any atom is 0.247 e. The van der Waals surface area contributed by atoms with Gasteiger partial charge in [0.05, 0.1) is 18.0 Å². The fourth-order valence-corrected chi connectivity index (χ4v) is 1.54. The van der Waals surface area contributed by atoms with Gasteiger partial charge in [0.15, 0.2) is 5.69 Å². The summed E-state index contributed by atoms with van der Waals surface area (Å²) in [6.07, 6.45) is 0. The number of nitrogen functional groups attached to an aromatic ring is 1. The molecule has 1 aromatic carbocycles. The first-order valence-electron chi connectivity index (χ1n) is 6.08. The monoisotopic (exact) mass is 273 g/mol. The minimum absolute atomic E-state index is 0.134. The summed E-state index contributed by atoms with van der Waals surface area (Å²) in [5, 5.41) is 17.4. The summed E-state index contributed by atoms with van der Waals surface area (Å²) in [5.74, 6) is 0.612. The van der Waals surface area contributed by atoms with E-state index in [1.807, 2.05) is 6.92 Å². The van der Waals surface area contributed by atoms with Crippen molar-refractivity contribution < 1.29 is 9.84 Å². The average molecular weight is 273 g/mol. The fraction of sp³-hybridized carbons (Fsp3) is 0.231. The molecule has 20 heavy (non-hydrogen) atoms. The highest BCUT2D eigenvalue weighted by molar-refractivity contribution is 5.53. The molecule has 0 atom stereocenters. The van der Waals surface area contributed by atoms with Gasteiger partial charge in [0.1, 0.15) is 5.75 Å². The van der Waals surface area contributed by atoms with E-state index in [1.165, 1.54) is 12.1 Å². The first-order valence-corrected chi connectivity index (χ1v) is 6.08. The van der Waals surface area contributed by atoms with Gasteiger partial charge in [-0.3, -0.25) is 0 Å². The number of anilines is 1. The zero-order valence-electron chi connectivity index (χ0n) is 11.2. The largest absolute Gasteiger partial charge is 0.508 e. The average Bonchev–Trinajstić information content (AvgIpc) is 2.40. The molecule has 2 aromatic rings. The summed E-state index contributed by atoms with van der Waals surface area (Å²) >= 11 is 0. The van der Waals surface area contributed by atoms with Crippen LogP contribution in [0.15, 0.2) is 34.5 Å². The lowest BCUT2D eigenvalue weighted by molar-refractivity contribution is 0.327. The molecule has 0 aliphatic rings. The molecule has 0 bridgehead atoms. The molecule has 0 fully saturated rings. The van der Waals surface area contributed by atoms with E-state index in [2.05, 4.69) is 20.2 Å². The van der Waals surface area contributed by atoms with Gasteiger partial charge >= 0.3 is 0 Å². The van der Waals surface area contributed by atoms with Crippen molar-refractivity contribution in [1.29, 1.82) is 0 Å². The lowest BCUT2D eigenvalue weighted by atomic mass is 10.3. The van der Waals surface area contributed by atoms with Crippen molar-refractivity contribution in [3.05, 3.63) is 30.0 Å². The molecule has 104 valence electrons. The molecule has 3 N–H and O–H groups in total. The number of aromatic hydroxyl groups is 1. The Kier molecular flexibility index (Phi) is 4.09. The van der Waals surface area contributed by atoms with Gasteiger partial charge in [0.25, 0.3) is 0 Å². The van der Waals surface area contributed by atoms with E-state index in [0.29, 0.717) is 29.6 Å². The minimum atomic E-state index is 0.134. The van der Waals surface area contributed by atoms with Crippen molar-refractivity contribution in [2.75, 3.05) is 12.3 Å². The van der Waals surface area contributed by atoms with E-state index < -0.39 is 0 Å². The lowest BCUT2D eigenvalue weighted by Crippen LogP contribution is -2.02. The molecule has 2 rings (SSSR count). The molecule has 0 saturated heterocycles. The second kappa shape index (κ2) is 5.96. The van der Waals surface area contributed by atoms with Crippen LogP contribution < -0.4 is 10.5 Å². The third-order valence-electron chi connectivity index (χ3n) is 2.44. The number of benzene rings is 1. The molecule has 0 aliphatic heterocycles. The molecule has 1 heterocycles. The molecule has 7 nitrogen and oxygen atoms in total. The first kappa shape index (κ1) is 13.7. The predicted molar refractivity (Wildman–Crippen MR) is 74.6 cm³/mol. The van der Waals surface area contributed by atoms with Crippen LogP contribution in [0.25, 0.3) is 0 Å². The summed E-state index contributed by atoms with van der Waals surface area (Å²) in [7, 11) is 0. The Balaban J connectivity index is 2.34. The zero-order valence-corrected chi connectivity index (χ0v) is 11.2. The van der Waals surface area contributed by atoms with Crippen LogP contribution in [0.3, 0.4) is 0 Å². The second-order valence-electron chi connectivity index (χ2n) is 3.97. The van der Waals surface area contributed by atoms with Crippen LogP contribution >= 0.6 is 0 Å². The molecular formula is C13H15N5O2. The first-order chi connectivity index (χ1) is 9.60. The van der Waals surface area contributed by atoms with E-state index >= 15 is 0 Å². The Labute approximate surface area is 116 Å². The number of azo groups is 1. The van der Waals surface area contributed by atoms with Crippen LogP contribution in [0.1, 0.15) is 12.6 Å². The number of rotatable bonds is 4. The van der Waals surface area contributed by atoms with Crippen LogP contribution in [-0.2, 0) is 0 Å². The number of phenolic OH excluding ortho intramolecular Hbond substituents is 1. The van der Waals surface area contributed by atoms with Crippen LogP contribution in [-0.4, -0.2) is 21.7 Å². The molecule has 0 radical (unpaired) electrons. The summed E-state index contributed by atoms with van der Waals surface area (Å²) in [5.41, 5.74) is 7.20. The van der Waals surface area contributed by atoms with Crippen LogP contribution in [0, 0.1) is 6.92 Å². The van der Waals surface area contributed by atoms with Gasteiger partial charge in [-0.15, -0.1) is 5.11 Å². The number of ether oxygens (including phenoxy) is 1. The molecule has 0 unspecified atom stereocenters. The highest BCUT2D eigenvalue weighted by atomic mass is 16.5. The molecule has 1 aromatic heterocycles. The number of hydrogen-bond donors (Lipinski definition) is 2.